The predicted octanol–water partition coefficient (Wildman–Crippen LogP) is 1.69. The molecule has 0 aromatic heterocycles. The minimum atomic E-state index is -0.263. The highest BCUT2D eigenvalue weighted by Crippen LogP contribution is 2.00. The van der Waals surface area contributed by atoms with Gasteiger partial charge in [0.2, 0.25) is 0 Å². The van der Waals surface area contributed by atoms with Gasteiger partial charge in [0.1, 0.15) is 6.67 Å². The van der Waals surface area contributed by atoms with E-state index in [0.29, 0.717) is 12.6 Å². The zero-order valence-corrected chi connectivity index (χ0v) is 7.51. The largest absolute Gasteiger partial charge is 0.311 e. The van der Waals surface area contributed by atoms with Crippen molar-refractivity contribution in [2.24, 2.45) is 0 Å². The summed E-state index contributed by atoms with van der Waals surface area (Å²) in [6.45, 7) is 4.44. The van der Waals surface area contributed by atoms with E-state index in [2.05, 4.69) is 19.2 Å². The summed E-state index contributed by atoms with van der Waals surface area (Å²) in [4.78, 5) is 0. The highest BCUT2D eigenvalue weighted by molar-refractivity contribution is 7.99. The third-order valence-corrected chi connectivity index (χ3v) is 2.30. The average molecular weight is 165 g/mol. The molecule has 62 valence electrons. The monoisotopic (exact) mass is 165 g/mol. The molecule has 0 amide bonds. The minimum Gasteiger partial charge on any atom is -0.311 e. The van der Waals surface area contributed by atoms with E-state index < -0.39 is 0 Å². The van der Waals surface area contributed by atoms with E-state index in [1.54, 1.807) is 0 Å². The molecule has 0 aromatic rings. The molecular weight excluding hydrogens is 149 g/mol. The zero-order valence-electron chi connectivity index (χ0n) is 6.69. The van der Waals surface area contributed by atoms with Gasteiger partial charge in [-0.25, -0.2) is 4.39 Å². The molecule has 0 radical (unpaired) electrons. The van der Waals surface area contributed by atoms with Crippen LogP contribution in [0.5, 0.6) is 0 Å². The molecule has 0 aliphatic carbocycles. The van der Waals surface area contributed by atoms with Crippen molar-refractivity contribution in [1.82, 2.24) is 5.32 Å². The van der Waals surface area contributed by atoms with Crippen molar-refractivity contribution in [3.05, 3.63) is 0 Å². The van der Waals surface area contributed by atoms with E-state index in [1.807, 2.05) is 11.8 Å². The van der Waals surface area contributed by atoms with Gasteiger partial charge in [0.25, 0.3) is 0 Å². The van der Waals surface area contributed by atoms with Crippen LogP contribution in [0.1, 0.15) is 13.8 Å². The Hall–Kier alpha value is 0.240. The molecule has 0 saturated carbocycles. The lowest BCUT2D eigenvalue weighted by molar-refractivity contribution is 0.450. The molecule has 1 nitrogen and oxygen atoms in total. The Morgan fingerprint density at radius 3 is 2.80 bits per heavy atom. The van der Waals surface area contributed by atoms with Crippen molar-refractivity contribution < 1.29 is 4.39 Å². The van der Waals surface area contributed by atoms with Gasteiger partial charge in [0.05, 0.1) is 0 Å². The highest BCUT2D eigenvalue weighted by Gasteiger charge is 1.98. The molecule has 0 aliphatic heterocycles. The summed E-state index contributed by atoms with van der Waals surface area (Å²) in [6.07, 6.45) is 0. The van der Waals surface area contributed by atoms with Gasteiger partial charge >= 0.3 is 0 Å². The highest BCUT2D eigenvalue weighted by atomic mass is 32.2. The SMILES string of the molecule is CCSCC(C)NCCF. The van der Waals surface area contributed by atoms with Crippen LogP contribution in [0.2, 0.25) is 0 Å². The first-order valence-electron chi connectivity index (χ1n) is 3.68. The van der Waals surface area contributed by atoms with E-state index in [1.165, 1.54) is 0 Å². The van der Waals surface area contributed by atoms with Gasteiger partial charge < -0.3 is 5.32 Å². The third kappa shape index (κ3) is 6.36. The van der Waals surface area contributed by atoms with Gasteiger partial charge in [-0.2, -0.15) is 11.8 Å². The molecular formula is C7H16FNS. The Morgan fingerprint density at radius 2 is 2.30 bits per heavy atom. The molecule has 0 rings (SSSR count). The number of hydrogen-bond donors (Lipinski definition) is 1. The molecule has 0 bridgehead atoms. The maximum Gasteiger partial charge on any atom is 0.102 e. The minimum absolute atomic E-state index is 0.263. The van der Waals surface area contributed by atoms with Gasteiger partial charge in [-0.3, -0.25) is 0 Å². The Labute approximate surface area is 66.8 Å². The normalized spacial score (nSPS) is 13.5. The summed E-state index contributed by atoms with van der Waals surface area (Å²) in [5.41, 5.74) is 0. The number of hydrogen-bond acceptors (Lipinski definition) is 2. The van der Waals surface area contributed by atoms with Crippen molar-refractivity contribution in [1.29, 1.82) is 0 Å². The van der Waals surface area contributed by atoms with Gasteiger partial charge in [-0.1, -0.05) is 6.92 Å². The molecule has 0 heterocycles. The predicted molar refractivity (Wildman–Crippen MR) is 46.4 cm³/mol. The summed E-state index contributed by atoms with van der Waals surface area (Å²) in [7, 11) is 0. The molecule has 0 saturated heterocycles. The summed E-state index contributed by atoms with van der Waals surface area (Å²) < 4.78 is 11.6. The summed E-state index contributed by atoms with van der Waals surface area (Å²) in [5, 5.41) is 3.07. The first-order chi connectivity index (χ1) is 4.81. The van der Waals surface area contributed by atoms with Gasteiger partial charge in [-0.15, -0.1) is 0 Å². The van der Waals surface area contributed by atoms with E-state index in [0.717, 1.165) is 11.5 Å². The molecule has 0 spiro atoms. The Balaban J connectivity index is 3.00. The van der Waals surface area contributed by atoms with Crippen LogP contribution in [-0.2, 0) is 0 Å². The molecule has 1 atom stereocenters. The third-order valence-electron chi connectivity index (χ3n) is 1.16. The van der Waals surface area contributed by atoms with Gasteiger partial charge in [0, 0.05) is 18.3 Å². The second-order valence-electron chi connectivity index (χ2n) is 2.20. The standard InChI is InChI=1S/C7H16FNS/c1-3-10-6-7(2)9-5-4-8/h7,9H,3-6H2,1-2H3. The van der Waals surface area contributed by atoms with E-state index in [-0.39, 0.29) is 6.67 Å². The fraction of sp³-hybridized carbons (Fsp3) is 1.00. The van der Waals surface area contributed by atoms with E-state index in [9.17, 15) is 4.39 Å². The summed E-state index contributed by atoms with van der Waals surface area (Å²) in [6, 6.07) is 0.445. The quantitative estimate of drug-likeness (QED) is 0.643. The Bertz CT molecular complexity index is 62.6. The number of thioether (sulfide) groups is 1. The molecule has 1 N–H and O–H groups in total. The number of halogens is 1. The second kappa shape index (κ2) is 7.35. The number of alkyl halides is 1. The van der Waals surface area contributed by atoms with Crippen LogP contribution in [-0.4, -0.2) is 30.8 Å². The zero-order chi connectivity index (χ0) is 7.82. The molecule has 1 unspecified atom stereocenters. The molecule has 0 aromatic carbocycles. The molecule has 10 heavy (non-hydrogen) atoms. The fourth-order valence-corrected chi connectivity index (χ4v) is 1.36. The molecule has 0 fully saturated rings. The lowest BCUT2D eigenvalue weighted by atomic mass is 10.4. The second-order valence-corrected chi connectivity index (χ2v) is 3.52. The summed E-state index contributed by atoms with van der Waals surface area (Å²) in [5.74, 6) is 2.22. The van der Waals surface area contributed by atoms with Crippen molar-refractivity contribution in [3.63, 3.8) is 0 Å². The van der Waals surface area contributed by atoms with Crippen molar-refractivity contribution in [3.8, 4) is 0 Å². The number of rotatable bonds is 6. The smallest absolute Gasteiger partial charge is 0.102 e. The van der Waals surface area contributed by atoms with Gasteiger partial charge in [0.15, 0.2) is 0 Å². The van der Waals surface area contributed by atoms with Gasteiger partial charge in [-0.05, 0) is 12.7 Å². The topological polar surface area (TPSA) is 12.0 Å². The first kappa shape index (κ1) is 10.2. The molecule has 3 heteroatoms. The van der Waals surface area contributed by atoms with Crippen molar-refractivity contribution >= 4 is 11.8 Å². The number of nitrogens with one attached hydrogen (secondary N) is 1. The Kier molecular flexibility index (Phi) is 7.52. The van der Waals surface area contributed by atoms with E-state index >= 15 is 0 Å². The van der Waals surface area contributed by atoms with Crippen molar-refractivity contribution in [2.75, 3.05) is 24.7 Å². The van der Waals surface area contributed by atoms with Crippen LogP contribution in [0.25, 0.3) is 0 Å². The lowest BCUT2D eigenvalue weighted by Gasteiger charge is -2.10. The van der Waals surface area contributed by atoms with Crippen LogP contribution in [0.3, 0.4) is 0 Å². The average Bonchev–Trinajstić information content (AvgIpc) is 1.97. The van der Waals surface area contributed by atoms with Crippen LogP contribution in [0.15, 0.2) is 0 Å². The van der Waals surface area contributed by atoms with Crippen LogP contribution in [0.4, 0.5) is 4.39 Å². The van der Waals surface area contributed by atoms with Crippen LogP contribution in [0, 0.1) is 0 Å². The summed E-state index contributed by atoms with van der Waals surface area (Å²) >= 11 is 1.88. The van der Waals surface area contributed by atoms with E-state index in [4.69, 9.17) is 0 Å². The van der Waals surface area contributed by atoms with Crippen molar-refractivity contribution in [2.45, 2.75) is 19.9 Å². The van der Waals surface area contributed by atoms with Crippen LogP contribution < -0.4 is 5.32 Å². The maximum atomic E-state index is 11.6. The van der Waals surface area contributed by atoms with Crippen LogP contribution >= 0.6 is 11.8 Å². The lowest BCUT2D eigenvalue weighted by Crippen LogP contribution is -2.29. The fourth-order valence-electron chi connectivity index (χ4n) is 0.655. The first-order valence-corrected chi connectivity index (χ1v) is 4.83. The molecule has 0 aliphatic rings. The maximum absolute atomic E-state index is 11.6. The Morgan fingerprint density at radius 1 is 1.60 bits per heavy atom.